The number of aryl methyl sites for hydroxylation is 1. The van der Waals surface area contributed by atoms with Gasteiger partial charge < -0.3 is 9.67 Å². The van der Waals surface area contributed by atoms with Gasteiger partial charge in [0.05, 0.1) is 24.3 Å². The molecule has 0 amide bonds. The third kappa shape index (κ3) is 1.50. The zero-order chi connectivity index (χ0) is 8.55. The van der Waals surface area contributed by atoms with Crippen molar-refractivity contribution < 1.29 is 5.11 Å². The van der Waals surface area contributed by atoms with Crippen LogP contribution >= 0.6 is 0 Å². The molecule has 66 valence electrons. The highest BCUT2D eigenvalue weighted by atomic mass is 16.3. The van der Waals surface area contributed by atoms with E-state index in [1.165, 1.54) is 12.8 Å². The zero-order valence-electron chi connectivity index (χ0n) is 7.27. The van der Waals surface area contributed by atoms with Crippen molar-refractivity contribution in [2.24, 2.45) is 13.0 Å². The lowest BCUT2D eigenvalue weighted by atomic mass is 10.1. The van der Waals surface area contributed by atoms with Gasteiger partial charge in [0.2, 0.25) is 0 Å². The summed E-state index contributed by atoms with van der Waals surface area (Å²) in [6.07, 6.45) is 6.63. The van der Waals surface area contributed by atoms with Crippen LogP contribution in [0.4, 0.5) is 0 Å². The second kappa shape index (κ2) is 2.90. The van der Waals surface area contributed by atoms with Crippen LogP contribution in [0.5, 0.6) is 0 Å². The molecule has 3 nitrogen and oxygen atoms in total. The van der Waals surface area contributed by atoms with E-state index in [1.54, 1.807) is 12.5 Å². The van der Waals surface area contributed by atoms with Crippen molar-refractivity contribution in [3.8, 4) is 0 Å². The van der Waals surface area contributed by atoms with Gasteiger partial charge in [0.25, 0.3) is 0 Å². The number of rotatable bonds is 3. The summed E-state index contributed by atoms with van der Waals surface area (Å²) in [5.74, 6) is 0.759. The minimum Gasteiger partial charge on any atom is -0.387 e. The minimum atomic E-state index is -0.315. The molecule has 0 aromatic carbocycles. The predicted molar refractivity (Wildman–Crippen MR) is 45.5 cm³/mol. The standard InChI is InChI=1S/C9H14N2O/c1-11-6-10-5-8(11)9(12)4-7-2-3-7/h5-7,9,12H,2-4H2,1H3. The summed E-state index contributed by atoms with van der Waals surface area (Å²) in [5, 5.41) is 9.74. The van der Waals surface area contributed by atoms with Crippen molar-refractivity contribution in [1.82, 2.24) is 9.55 Å². The van der Waals surface area contributed by atoms with Crippen LogP contribution in [0.3, 0.4) is 0 Å². The first-order valence-electron chi connectivity index (χ1n) is 4.41. The largest absolute Gasteiger partial charge is 0.387 e. The SMILES string of the molecule is Cn1cncc1C(O)CC1CC1. The van der Waals surface area contributed by atoms with E-state index < -0.39 is 0 Å². The highest BCUT2D eigenvalue weighted by molar-refractivity contribution is 5.02. The van der Waals surface area contributed by atoms with Crippen molar-refractivity contribution in [1.29, 1.82) is 0 Å². The van der Waals surface area contributed by atoms with E-state index in [4.69, 9.17) is 0 Å². The first kappa shape index (κ1) is 7.80. The van der Waals surface area contributed by atoms with Crippen LogP contribution in [0, 0.1) is 5.92 Å². The molecule has 1 N–H and O–H groups in total. The second-order valence-electron chi connectivity index (χ2n) is 3.62. The van der Waals surface area contributed by atoms with Crippen LogP contribution in [0.25, 0.3) is 0 Å². The van der Waals surface area contributed by atoms with Crippen LogP contribution in [-0.2, 0) is 7.05 Å². The lowest BCUT2D eigenvalue weighted by molar-refractivity contribution is 0.152. The van der Waals surface area contributed by atoms with Crippen LogP contribution in [0.2, 0.25) is 0 Å². The van der Waals surface area contributed by atoms with E-state index in [-0.39, 0.29) is 6.10 Å². The molecule has 3 heteroatoms. The van der Waals surface area contributed by atoms with E-state index in [9.17, 15) is 5.11 Å². The van der Waals surface area contributed by atoms with Gasteiger partial charge in [-0.3, -0.25) is 0 Å². The number of aromatic nitrogens is 2. The normalized spacial score (nSPS) is 19.5. The molecular formula is C9H14N2O. The summed E-state index contributed by atoms with van der Waals surface area (Å²) in [6, 6.07) is 0. The Labute approximate surface area is 72.0 Å². The topological polar surface area (TPSA) is 38.0 Å². The maximum atomic E-state index is 9.74. The van der Waals surface area contributed by atoms with E-state index in [2.05, 4.69) is 4.98 Å². The Balaban J connectivity index is 2.02. The molecule has 0 saturated heterocycles. The minimum absolute atomic E-state index is 0.315. The molecule has 1 saturated carbocycles. The third-order valence-electron chi connectivity index (χ3n) is 2.45. The first-order chi connectivity index (χ1) is 5.77. The lowest BCUT2D eigenvalue weighted by Crippen LogP contribution is -2.03. The predicted octanol–water partition coefficient (Wildman–Crippen LogP) is 1.25. The molecule has 0 radical (unpaired) electrons. The van der Waals surface area contributed by atoms with Crippen LogP contribution in [0.1, 0.15) is 31.1 Å². The third-order valence-corrected chi connectivity index (χ3v) is 2.45. The van der Waals surface area contributed by atoms with Crippen molar-refractivity contribution in [3.63, 3.8) is 0 Å². The van der Waals surface area contributed by atoms with Gasteiger partial charge in [0.1, 0.15) is 0 Å². The molecule has 1 fully saturated rings. The Morgan fingerprint density at radius 2 is 2.50 bits per heavy atom. The molecule has 0 spiro atoms. The molecule has 0 aliphatic heterocycles. The maximum absolute atomic E-state index is 9.74. The summed E-state index contributed by atoms with van der Waals surface area (Å²) < 4.78 is 1.88. The van der Waals surface area contributed by atoms with Gasteiger partial charge in [-0.1, -0.05) is 12.8 Å². The fourth-order valence-electron chi connectivity index (χ4n) is 1.48. The first-order valence-corrected chi connectivity index (χ1v) is 4.41. The fourth-order valence-corrected chi connectivity index (χ4v) is 1.48. The van der Waals surface area contributed by atoms with Gasteiger partial charge in [-0.15, -0.1) is 0 Å². The maximum Gasteiger partial charge on any atom is 0.0958 e. The molecular weight excluding hydrogens is 152 g/mol. The second-order valence-corrected chi connectivity index (χ2v) is 3.62. The summed E-state index contributed by atoms with van der Waals surface area (Å²) >= 11 is 0. The zero-order valence-corrected chi connectivity index (χ0v) is 7.27. The van der Waals surface area contributed by atoms with Gasteiger partial charge in [0, 0.05) is 7.05 Å². The van der Waals surface area contributed by atoms with Gasteiger partial charge >= 0.3 is 0 Å². The Morgan fingerprint density at radius 1 is 1.75 bits per heavy atom. The molecule has 1 heterocycles. The van der Waals surface area contributed by atoms with Crippen molar-refractivity contribution in [3.05, 3.63) is 18.2 Å². The molecule has 1 aliphatic rings. The number of nitrogens with zero attached hydrogens (tertiary/aromatic N) is 2. The average Bonchev–Trinajstić information content (AvgIpc) is 2.72. The van der Waals surface area contributed by atoms with E-state index >= 15 is 0 Å². The monoisotopic (exact) mass is 166 g/mol. The summed E-state index contributed by atoms with van der Waals surface area (Å²) in [5.41, 5.74) is 0.932. The molecule has 12 heavy (non-hydrogen) atoms. The molecule has 1 atom stereocenters. The van der Waals surface area contributed by atoms with E-state index in [1.807, 2.05) is 11.6 Å². The Morgan fingerprint density at radius 3 is 3.00 bits per heavy atom. The lowest BCUT2D eigenvalue weighted by Gasteiger charge is -2.09. The summed E-state index contributed by atoms with van der Waals surface area (Å²) in [7, 11) is 1.92. The Hall–Kier alpha value is -0.830. The van der Waals surface area contributed by atoms with Crippen LogP contribution < -0.4 is 0 Å². The highest BCUT2D eigenvalue weighted by Crippen LogP contribution is 2.37. The van der Waals surface area contributed by atoms with Crippen molar-refractivity contribution in [2.45, 2.75) is 25.4 Å². The fraction of sp³-hybridized carbons (Fsp3) is 0.667. The molecule has 2 rings (SSSR count). The van der Waals surface area contributed by atoms with E-state index in [0.717, 1.165) is 18.0 Å². The number of hydrogen-bond acceptors (Lipinski definition) is 2. The van der Waals surface area contributed by atoms with Crippen LogP contribution in [-0.4, -0.2) is 14.7 Å². The average molecular weight is 166 g/mol. The molecule has 1 unspecified atom stereocenters. The Bertz CT molecular complexity index is 265. The van der Waals surface area contributed by atoms with Gasteiger partial charge in [-0.25, -0.2) is 4.98 Å². The molecule has 1 aliphatic carbocycles. The van der Waals surface area contributed by atoms with E-state index in [0.29, 0.717) is 0 Å². The van der Waals surface area contributed by atoms with Gasteiger partial charge in [-0.2, -0.15) is 0 Å². The molecule has 1 aromatic rings. The smallest absolute Gasteiger partial charge is 0.0958 e. The van der Waals surface area contributed by atoms with Gasteiger partial charge in [-0.05, 0) is 12.3 Å². The number of aliphatic hydroxyl groups excluding tert-OH is 1. The van der Waals surface area contributed by atoms with Crippen molar-refractivity contribution in [2.75, 3.05) is 0 Å². The molecule has 1 aromatic heterocycles. The van der Waals surface area contributed by atoms with Gasteiger partial charge in [0.15, 0.2) is 0 Å². The quantitative estimate of drug-likeness (QED) is 0.734. The summed E-state index contributed by atoms with van der Waals surface area (Å²) in [6.45, 7) is 0. The molecule has 0 bridgehead atoms. The highest BCUT2D eigenvalue weighted by Gasteiger charge is 2.26. The summed E-state index contributed by atoms with van der Waals surface area (Å²) in [4.78, 5) is 3.97. The number of imidazole rings is 1. The number of aliphatic hydroxyl groups is 1. The Kier molecular flexibility index (Phi) is 1.89. The number of hydrogen-bond donors (Lipinski definition) is 1. The van der Waals surface area contributed by atoms with Crippen LogP contribution in [0.15, 0.2) is 12.5 Å². The van der Waals surface area contributed by atoms with Crippen molar-refractivity contribution >= 4 is 0 Å².